The number of carboxylic acids is 1. The van der Waals surface area contributed by atoms with Gasteiger partial charge in [0, 0.05) is 16.8 Å². The van der Waals surface area contributed by atoms with Crippen molar-refractivity contribution in [1.82, 2.24) is 0 Å². The van der Waals surface area contributed by atoms with Crippen LogP contribution >= 0.6 is 0 Å². The van der Waals surface area contributed by atoms with Gasteiger partial charge in [-0.15, -0.1) is 0 Å². The van der Waals surface area contributed by atoms with E-state index < -0.39 is 42.4 Å². The third-order valence-electron chi connectivity index (χ3n) is 4.96. The highest BCUT2D eigenvalue weighted by atomic mass is 16.5. The van der Waals surface area contributed by atoms with Crippen molar-refractivity contribution in [3.05, 3.63) is 59.7 Å². The van der Waals surface area contributed by atoms with E-state index in [2.05, 4.69) is 0 Å². The molecule has 29 heavy (non-hydrogen) atoms. The smallest absolute Gasteiger partial charge is 0.312 e. The Kier molecular flexibility index (Phi) is 5.85. The van der Waals surface area contributed by atoms with E-state index in [0.717, 1.165) is 0 Å². The molecule has 0 bridgehead atoms. The summed E-state index contributed by atoms with van der Waals surface area (Å²) in [5, 5.41) is 49.2. The summed E-state index contributed by atoms with van der Waals surface area (Å²) in [5.74, 6) is -3.38. The predicted octanol–water partition coefficient (Wildman–Crippen LogP) is -0.595. The predicted molar refractivity (Wildman–Crippen MR) is 100 cm³/mol. The topological polar surface area (TPSA) is 171 Å². The fourth-order valence-corrected chi connectivity index (χ4v) is 3.29. The van der Waals surface area contributed by atoms with Crippen LogP contribution in [0.15, 0.2) is 48.5 Å². The normalized spacial score (nSPS) is 29.2. The Labute approximate surface area is 165 Å². The molecule has 0 spiro atoms. The SMILES string of the molecule is Nc1ccc(C(=O)c2ccc(O[C@H]3C(O)[C@@H](C(=O)O)[C@H](O)[C@@H](O)[C@@H]3O)cc2)cc1. The minimum absolute atomic E-state index is 0.134. The molecule has 1 unspecified atom stereocenters. The fraction of sp³-hybridized carbons (Fsp3) is 0.300. The number of anilines is 1. The second-order valence-electron chi connectivity index (χ2n) is 6.88. The van der Waals surface area contributed by atoms with Crippen LogP contribution in [0.2, 0.25) is 0 Å². The van der Waals surface area contributed by atoms with Crippen molar-refractivity contribution in [3.63, 3.8) is 0 Å². The van der Waals surface area contributed by atoms with Crippen LogP contribution in [-0.2, 0) is 4.79 Å². The number of rotatable bonds is 5. The molecule has 1 fully saturated rings. The first-order chi connectivity index (χ1) is 13.7. The fourth-order valence-electron chi connectivity index (χ4n) is 3.29. The van der Waals surface area contributed by atoms with E-state index in [1.54, 1.807) is 24.3 Å². The number of carboxylic acid groups (broad SMARTS) is 1. The molecule has 0 saturated heterocycles. The highest BCUT2D eigenvalue weighted by Gasteiger charge is 2.53. The lowest BCUT2D eigenvalue weighted by Gasteiger charge is -2.42. The number of aliphatic carboxylic acids is 1. The molecule has 0 aliphatic heterocycles. The van der Waals surface area contributed by atoms with Gasteiger partial charge >= 0.3 is 5.97 Å². The van der Waals surface area contributed by atoms with E-state index in [-0.39, 0.29) is 11.5 Å². The molecule has 1 saturated carbocycles. The maximum Gasteiger partial charge on any atom is 0.312 e. The Bertz CT molecular complexity index is 882. The quantitative estimate of drug-likeness (QED) is 0.282. The summed E-state index contributed by atoms with van der Waals surface area (Å²) in [4.78, 5) is 23.8. The highest BCUT2D eigenvalue weighted by molar-refractivity contribution is 6.09. The molecule has 0 amide bonds. The van der Waals surface area contributed by atoms with Gasteiger partial charge in [0.15, 0.2) is 11.9 Å². The Hall–Kier alpha value is -2.98. The molecule has 2 aromatic rings. The summed E-state index contributed by atoms with van der Waals surface area (Å²) < 4.78 is 5.47. The van der Waals surface area contributed by atoms with Gasteiger partial charge in [-0.25, -0.2) is 0 Å². The average molecular weight is 403 g/mol. The van der Waals surface area contributed by atoms with Crippen LogP contribution in [0.3, 0.4) is 0 Å². The number of aliphatic hydroxyl groups excluding tert-OH is 4. The summed E-state index contributed by atoms with van der Waals surface area (Å²) in [6.45, 7) is 0. The number of hydrogen-bond acceptors (Lipinski definition) is 8. The first-order valence-electron chi connectivity index (χ1n) is 8.82. The minimum Gasteiger partial charge on any atom is -0.485 e. The van der Waals surface area contributed by atoms with Crippen LogP contribution in [0.4, 0.5) is 5.69 Å². The van der Waals surface area contributed by atoms with E-state index in [1.165, 1.54) is 24.3 Å². The van der Waals surface area contributed by atoms with Gasteiger partial charge in [0.2, 0.25) is 0 Å². The van der Waals surface area contributed by atoms with Crippen LogP contribution in [0.25, 0.3) is 0 Å². The van der Waals surface area contributed by atoms with Gasteiger partial charge in [-0.3, -0.25) is 9.59 Å². The second kappa shape index (κ2) is 8.18. The van der Waals surface area contributed by atoms with E-state index >= 15 is 0 Å². The molecule has 154 valence electrons. The number of benzene rings is 2. The van der Waals surface area contributed by atoms with Crippen molar-refractivity contribution in [1.29, 1.82) is 0 Å². The molecule has 1 aliphatic carbocycles. The number of ketones is 1. The summed E-state index contributed by atoms with van der Waals surface area (Å²) in [7, 11) is 0. The average Bonchev–Trinajstić information content (AvgIpc) is 2.70. The Morgan fingerprint density at radius 1 is 0.759 bits per heavy atom. The molecule has 0 radical (unpaired) electrons. The molecule has 0 aromatic heterocycles. The molecule has 2 aromatic carbocycles. The molecular formula is C20H21NO8. The largest absolute Gasteiger partial charge is 0.485 e. The Morgan fingerprint density at radius 3 is 1.79 bits per heavy atom. The molecule has 9 heteroatoms. The number of nitrogens with two attached hydrogens (primary N) is 1. The monoisotopic (exact) mass is 403 g/mol. The number of carbonyl (C=O) groups excluding carboxylic acids is 1. The Morgan fingerprint density at radius 2 is 1.28 bits per heavy atom. The van der Waals surface area contributed by atoms with E-state index in [0.29, 0.717) is 16.8 Å². The lowest BCUT2D eigenvalue weighted by atomic mass is 9.78. The molecule has 0 heterocycles. The number of ether oxygens (including phenoxy) is 1. The van der Waals surface area contributed by atoms with E-state index in [4.69, 9.17) is 10.5 Å². The van der Waals surface area contributed by atoms with Gasteiger partial charge in [-0.05, 0) is 48.5 Å². The van der Waals surface area contributed by atoms with Gasteiger partial charge in [-0.2, -0.15) is 0 Å². The third kappa shape index (κ3) is 4.08. The zero-order chi connectivity index (χ0) is 21.3. The summed E-state index contributed by atoms with van der Waals surface area (Å²) in [6, 6.07) is 12.2. The van der Waals surface area contributed by atoms with E-state index in [9.17, 15) is 35.1 Å². The highest BCUT2D eigenvalue weighted by Crippen LogP contribution is 2.30. The molecule has 1 aliphatic rings. The van der Waals surface area contributed by atoms with Crippen LogP contribution < -0.4 is 10.5 Å². The molecule has 6 atom stereocenters. The van der Waals surface area contributed by atoms with Crippen LogP contribution in [-0.4, -0.2) is 67.8 Å². The lowest BCUT2D eigenvalue weighted by Crippen LogP contribution is -2.64. The second-order valence-corrected chi connectivity index (χ2v) is 6.88. The Balaban J connectivity index is 1.77. The van der Waals surface area contributed by atoms with Gasteiger partial charge in [0.1, 0.15) is 30.0 Å². The maximum atomic E-state index is 12.5. The minimum atomic E-state index is -1.85. The molecule has 3 rings (SSSR count). The zero-order valence-electron chi connectivity index (χ0n) is 15.1. The third-order valence-corrected chi connectivity index (χ3v) is 4.96. The van der Waals surface area contributed by atoms with Crippen molar-refractivity contribution in [2.24, 2.45) is 5.92 Å². The van der Waals surface area contributed by atoms with Crippen LogP contribution in [0.1, 0.15) is 15.9 Å². The zero-order valence-corrected chi connectivity index (χ0v) is 15.1. The van der Waals surface area contributed by atoms with Crippen molar-refractivity contribution >= 4 is 17.4 Å². The van der Waals surface area contributed by atoms with Crippen LogP contribution in [0.5, 0.6) is 5.75 Å². The number of hydrogen-bond donors (Lipinski definition) is 6. The maximum absolute atomic E-state index is 12.5. The first-order valence-corrected chi connectivity index (χ1v) is 8.82. The van der Waals surface area contributed by atoms with Crippen molar-refractivity contribution in [2.75, 3.05) is 5.73 Å². The number of carbonyl (C=O) groups is 2. The standard InChI is InChI=1S/C20H21NO8/c21-11-5-1-9(2-6-11)14(22)10-3-7-12(8-4-10)29-19-16(24)13(20(27)28)15(23)17(25)18(19)26/h1-8,13,15-19,23-26H,21H2,(H,27,28)/t13-,15-,16?,17+,18-,19-/m0/s1. The lowest BCUT2D eigenvalue weighted by molar-refractivity contribution is -0.206. The van der Waals surface area contributed by atoms with Crippen molar-refractivity contribution in [3.8, 4) is 5.75 Å². The summed E-state index contributed by atoms with van der Waals surface area (Å²) >= 11 is 0. The number of aliphatic hydroxyl groups is 4. The van der Waals surface area contributed by atoms with Crippen LogP contribution in [0, 0.1) is 5.92 Å². The van der Waals surface area contributed by atoms with Gasteiger partial charge in [-0.1, -0.05) is 0 Å². The van der Waals surface area contributed by atoms with Gasteiger partial charge in [0.25, 0.3) is 0 Å². The summed E-state index contributed by atoms with van der Waals surface area (Å²) in [5.41, 5.74) is 6.92. The number of nitrogen functional groups attached to an aromatic ring is 1. The van der Waals surface area contributed by atoms with Gasteiger partial charge < -0.3 is 36.0 Å². The van der Waals surface area contributed by atoms with Crippen molar-refractivity contribution < 1.29 is 39.9 Å². The van der Waals surface area contributed by atoms with E-state index in [1.807, 2.05) is 0 Å². The first kappa shape index (κ1) is 20.7. The van der Waals surface area contributed by atoms with Crippen molar-refractivity contribution in [2.45, 2.75) is 30.5 Å². The summed E-state index contributed by atoms with van der Waals surface area (Å²) in [6.07, 6.45) is -8.63. The molecular weight excluding hydrogens is 382 g/mol. The molecule has 7 N–H and O–H groups in total. The van der Waals surface area contributed by atoms with Gasteiger partial charge in [0.05, 0.1) is 6.10 Å². The molecule has 9 nitrogen and oxygen atoms in total.